The lowest BCUT2D eigenvalue weighted by Gasteiger charge is -2.14. The molecule has 0 unspecified atom stereocenters. The largest absolute Gasteiger partial charge is 0.462 e. The highest BCUT2D eigenvalue weighted by atomic mass is 32.2. The first-order valence-electron chi connectivity index (χ1n) is 9.98. The molecule has 1 N–H and O–H groups in total. The Morgan fingerprint density at radius 3 is 2.44 bits per heavy atom. The van der Waals surface area contributed by atoms with E-state index in [2.05, 4.69) is 0 Å². The Morgan fingerprint density at radius 2 is 1.72 bits per heavy atom. The third kappa shape index (κ3) is 4.73. The lowest BCUT2D eigenvalue weighted by Crippen LogP contribution is -2.28. The summed E-state index contributed by atoms with van der Waals surface area (Å²) in [7, 11) is 0. The maximum Gasteiger partial charge on any atom is 0.338 e. The van der Waals surface area contributed by atoms with Gasteiger partial charge in [0.25, 0.3) is 5.91 Å². The fourth-order valence-corrected chi connectivity index (χ4v) is 3.99. The van der Waals surface area contributed by atoms with Crippen molar-refractivity contribution in [3.8, 4) is 11.5 Å². The van der Waals surface area contributed by atoms with Crippen LogP contribution in [0.4, 0.5) is 5.69 Å². The standard InChI is InChI=1S/C25H20N2O4S/c1-2-30-24(29)18-11-13-19(14-12-18)27-23(28)22(32-25(27)26)16-17-7-6-10-21(15-17)31-20-8-4-3-5-9-20/h3-16,26H,2H2,1H3/b22-16-,26-25?. The first kappa shape index (κ1) is 21.4. The summed E-state index contributed by atoms with van der Waals surface area (Å²) in [5.41, 5.74) is 1.71. The van der Waals surface area contributed by atoms with E-state index in [1.54, 1.807) is 37.3 Å². The van der Waals surface area contributed by atoms with E-state index in [-0.39, 0.29) is 17.7 Å². The third-order valence-corrected chi connectivity index (χ3v) is 5.48. The molecule has 32 heavy (non-hydrogen) atoms. The molecule has 3 aromatic rings. The minimum absolute atomic E-state index is 0.0989. The number of nitrogens with one attached hydrogen (secondary N) is 1. The molecule has 160 valence electrons. The molecule has 1 heterocycles. The first-order valence-corrected chi connectivity index (χ1v) is 10.8. The quantitative estimate of drug-likeness (QED) is 0.389. The SMILES string of the molecule is CCOC(=O)c1ccc(N2C(=N)S/C(=C\c3cccc(Oc4ccccc4)c3)C2=O)cc1. The number of hydrogen-bond donors (Lipinski definition) is 1. The fourth-order valence-electron chi connectivity index (χ4n) is 3.13. The van der Waals surface area contributed by atoms with E-state index >= 15 is 0 Å². The topological polar surface area (TPSA) is 79.7 Å². The number of anilines is 1. The van der Waals surface area contributed by atoms with Gasteiger partial charge in [-0.15, -0.1) is 0 Å². The normalized spacial score (nSPS) is 14.7. The highest BCUT2D eigenvalue weighted by molar-refractivity contribution is 8.19. The van der Waals surface area contributed by atoms with Crippen LogP contribution in [0.15, 0.2) is 83.8 Å². The average Bonchev–Trinajstić information content (AvgIpc) is 3.07. The molecule has 0 spiro atoms. The average molecular weight is 445 g/mol. The van der Waals surface area contributed by atoms with Gasteiger partial charge < -0.3 is 9.47 Å². The van der Waals surface area contributed by atoms with Gasteiger partial charge in [0.05, 0.1) is 22.8 Å². The number of ether oxygens (including phenoxy) is 2. The number of rotatable bonds is 6. The van der Waals surface area contributed by atoms with Crippen molar-refractivity contribution in [1.29, 1.82) is 5.41 Å². The Kier molecular flexibility index (Phi) is 6.37. The van der Waals surface area contributed by atoms with Crippen molar-refractivity contribution >= 4 is 40.6 Å². The summed E-state index contributed by atoms with van der Waals surface area (Å²) in [4.78, 5) is 26.6. The molecule has 0 aliphatic carbocycles. The molecule has 1 saturated heterocycles. The molecule has 7 heteroatoms. The van der Waals surface area contributed by atoms with E-state index < -0.39 is 5.97 Å². The number of amides is 1. The van der Waals surface area contributed by atoms with Crippen molar-refractivity contribution in [2.45, 2.75) is 6.92 Å². The number of para-hydroxylation sites is 1. The van der Waals surface area contributed by atoms with Crippen molar-refractivity contribution in [3.63, 3.8) is 0 Å². The molecule has 4 rings (SSSR count). The third-order valence-electron chi connectivity index (χ3n) is 4.59. The Balaban J connectivity index is 1.53. The summed E-state index contributed by atoms with van der Waals surface area (Å²) >= 11 is 1.09. The van der Waals surface area contributed by atoms with Gasteiger partial charge in [0.1, 0.15) is 11.5 Å². The van der Waals surface area contributed by atoms with Crippen LogP contribution in [0.3, 0.4) is 0 Å². The summed E-state index contributed by atoms with van der Waals surface area (Å²) in [5.74, 6) is 0.665. The monoisotopic (exact) mass is 444 g/mol. The smallest absolute Gasteiger partial charge is 0.338 e. The van der Waals surface area contributed by atoms with E-state index in [4.69, 9.17) is 14.9 Å². The maximum atomic E-state index is 13.0. The number of carbonyl (C=O) groups is 2. The van der Waals surface area contributed by atoms with Gasteiger partial charge in [-0.3, -0.25) is 15.1 Å². The van der Waals surface area contributed by atoms with Gasteiger partial charge in [0.15, 0.2) is 5.17 Å². The molecule has 3 aromatic carbocycles. The molecule has 6 nitrogen and oxygen atoms in total. The zero-order valence-corrected chi connectivity index (χ0v) is 18.1. The number of carbonyl (C=O) groups excluding carboxylic acids is 2. The van der Waals surface area contributed by atoms with Crippen molar-refractivity contribution in [2.24, 2.45) is 0 Å². The Bertz CT molecular complexity index is 1190. The summed E-state index contributed by atoms with van der Waals surface area (Å²) in [6, 6.07) is 23.3. The van der Waals surface area contributed by atoms with Crippen LogP contribution >= 0.6 is 11.8 Å². The van der Waals surface area contributed by atoms with Crippen LogP contribution in [-0.4, -0.2) is 23.7 Å². The fraction of sp³-hybridized carbons (Fsp3) is 0.0800. The van der Waals surface area contributed by atoms with Crippen LogP contribution in [0.5, 0.6) is 11.5 Å². The minimum atomic E-state index is -0.422. The Labute approximate surface area is 190 Å². The van der Waals surface area contributed by atoms with Gasteiger partial charge in [-0.05, 0) is 78.9 Å². The van der Waals surface area contributed by atoms with E-state index in [0.717, 1.165) is 23.1 Å². The second kappa shape index (κ2) is 9.53. The second-order valence-electron chi connectivity index (χ2n) is 6.81. The summed E-state index contributed by atoms with van der Waals surface area (Å²) in [5, 5.41) is 8.37. The van der Waals surface area contributed by atoms with Crippen molar-refractivity contribution in [3.05, 3.63) is 94.9 Å². The van der Waals surface area contributed by atoms with Gasteiger partial charge >= 0.3 is 5.97 Å². The van der Waals surface area contributed by atoms with E-state index in [0.29, 0.717) is 21.9 Å². The van der Waals surface area contributed by atoms with Crippen LogP contribution in [0.1, 0.15) is 22.8 Å². The number of benzene rings is 3. The lowest BCUT2D eigenvalue weighted by atomic mass is 10.2. The lowest BCUT2D eigenvalue weighted by molar-refractivity contribution is -0.113. The molecule has 0 bridgehead atoms. The van der Waals surface area contributed by atoms with Crippen LogP contribution < -0.4 is 9.64 Å². The van der Waals surface area contributed by atoms with E-state index in [9.17, 15) is 9.59 Å². The maximum absolute atomic E-state index is 13.0. The predicted molar refractivity (Wildman–Crippen MR) is 126 cm³/mol. The first-order chi connectivity index (χ1) is 15.5. The van der Waals surface area contributed by atoms with Crippen LogP contribution in [0, 0.1) is 5.41 Å². The molecular formula is C25H20N2O4S. The molecular weight excluding hydrogens is 424 g/mol. The van der Waals surface area contributed by atoms with Crippen LogP contribution in [0.25, 0.3) is 6.08 Å². The molecule has 1 amide bonds. The number of amidine groups is 1. The molecule has 0 aromatic heterocycles. The Morgan fingerprint density at radius 1 is 1.00 bits per heavy atom. The van der Waals surface area contributed by atoms with Crippen molar-refractivity contribution < 1.29 is 19.1 Å². The number of hydrogen-bond acceptors (Lipinski definition) is 6. The van der Waals surface area contributed by atoms with E-state index in [1.165, 1.54) is 4.90 Å². The molecule has 0 saturated carbocycles. The van der Waals surface area contributed by atoms with Gasteiger partial charge in [0, 0.05) is 0 Å². The van der Waals surface area contributed by atoms with Gasteiger partial charge in [-0.25, -0.2) is 4.79 Å². The Hall–Kier alpha value is -3.84. The number of thioether (sulfide) groups is 1. The second-order valence-corrected chi connectivity index (χ2v) is 7.84. The highest BCUT2D eigenvalue weighted by Gasteiger charge is 2.33. The predicted octanol–water partition coefficient (Wildman–Crippen LogP) is 5.71. The summed E-state index contributed by atoms with van der Waals surface area (Å²) < 4.78 is 10.8. The minimum Gasteiger partial charge on any atom is -0.462 e. The van der Waals surface area contributed by atoms with Gasteiger partial charge in [0.2, 0.25) is 0 Å². The summed E-state index contributed by atoms with van der Waals surface area (Å²) in [6.07, 6.45) is 1.74. The summed E-state index contributed by atoms with van der Waals surface area (Å²) in [6.45, 7) is 2.03. The van der Waals surface area contributed by atoms with E-state index in [1.807, 2.05) is 54.6 Å². The molecule has 1 fully saturated rings. The molecule has 1 aliphatic rings. The molecule has 0 radical (unpaired) electrons. The number of nitrogens with zero attached hydrogens (tertiary/aromatic N) is 1. The number of esters is 1. The zero-order valence-electron chi connectivity index (χ0n) is 17.3. The van der Waals surface area contributed by atoms with Crippen LogP contribution in [-0.2, 0) is 9.53 Å². The van der Waals surface area contributed by atoms with Gasteiger partial charge in [-0.1, -0.05) is 30.3 Å². The highest BCUT2D eigenvalue weighted by Crippen LogP contribution is 2.35. The van der Waals surface area contributed by atoms with Crippen LogP contribution in [0.2, 0.25) is 0 Å². The molecule has 0 atom stereocenters. The van der Waals surface area contributed by atoms with Crippen molar-refractivity contribution in [1.82, 2.24) is 0 Å². The van der Waals surface area contributed by atoms with Gasteiger partial charge in [-0.2, -0.15) is 0 Å². The zero-order chi connectivity index (χ0) is 22.5. The van der Waals surface area contributed by atoms with Crippen molar-refractivity contribution in [2.75, 3.05) is 11.5 Å². The molecule has 1 aliphatic heterocycles.